The lowest BCUT2D eigenvalue weighted by molar-refractivity contribution is -0.138. The van der Waals surface area contributed by atoms with Gasteiger partial charge >= 0.3 is 0 Å². The summed E-state index contributed by atoms with van der Waals surface area (Å²) in [5, 5.41) is 12.4. The SMILES string of the molecule is Cc1ccc(-c2nnn(CC(=O)N3[C@H](C)CCC[C@@H]3C)n2)cc1. The molecule has 2 aromatic rings. The molecule has 23 heavy (non-hydrogen) atoms. The first kappa shape index (κ1) is 15.6. The molecule has 0 radical (unpaired) electrons. The summed E-state index contributed by atoms with van der Waals surface area (Å²) in [6.45, 7) is 6.40. The van der Waals surface area contributed by atoms with E-state index >= 15 is 0 Å². The van der Waals surface area contributed by atoms with Crippen molar-refractivity contribution in [2.24, 2.45) is 0 Å². The summed E-state index contributed by atoms with van der Waals surface area (Å²) in [5.74, 6) is 0.620. The average molecular weight is 313 g/mol. The number of nitrogens with zero attached hydrogens (tertiary/aromatic N) is 5. The Bertz CT molecular complexity index is 669. The first-order chi connectivity index (χ1) is 11.0. The molecule has 1 aromatic carbocycles. The van der Waals surface area contributed by atoms with E-state index in [1.165, 1.54) is 16.8 Å². The average Bonchev–Trinajstić information content (AvgIpc) is 2.96. The van der Waals surface area contributed by atoms with Crippen LogP contribution in [0.2, 0.25) is 0 Å². The van der Waals surface area contributed by atoms with E-state index in [1.807, 2.05) is 36.1 Å². The monoisotopic (exact) mass is 313 g/mol. The van der Waals surface area contributed by atoms with Gasteiger partial charge in [-0.15, -0.1) is 10.2 Å². The highest BCUT2D eigenvalue weighted by molar-refractivity contribution is 5.76. The molecule has 2 heterocycles. The van der Waals surface area contributed by atoms with Crippen LogP contribution in [0.15, 0.2) is 24.3 Å². The van der Waals surface area contributed by atoms with Crippen molar-refractivity contribution in [1.29, 1.82) is 0 Å². The second-order valence-electron chi connectivity index (χ2n) is 6.44. The summed E-state index contributed by atoms with van der Waals surface area (Å²) in [5.41, 5.74) is 2.10. The van der Waals surface area contributed by atoms with Crippen LogP contribution in [0, 0.1) is 6.92 Å². The third-order valence-electron chi connectivity index (χ3n) is 4.52. The van der Waals surface area contributed by atoms with E-state index in [1.54, 1.807) is 0 Å². The Labute approximate surface area is 136 Å². The number of hydrogen-bond donors (Lipinski definition) is 0. The molecule has 6 heteroatoms. The topological polar surface area (TPSA) is 63.9 Å². The molecule has 0 saturated carbocycles. The Kier molecular flexibility index (Phi) is 4.41. The van der Waals surface area contributed by atoms with Crippen LogP contribution in [0.25, 0.3) is 11.4 Å². The van der Waals surface area contributed by atoms with E-state index in [2.05, 4.69) is 29.3 Å². The molecule has 2 atom stereocenters. The third kappa shape index (κ3) is 3.41. The highest BCUT2D eigenvalue weighted by atomic mass is 16.2. The van der Waals surface area contributed by atoms with Crippen molar-refractivity contribution in [2.45, 2.75) is 58.7 Å². The molecule has 1 aliphatic heterocycles. The summed E-state index contributed by atoms with van der Waals surface area (Å²) in [7, 11) is 0. The first-order valence-corrected chi connectivity index (χ1v) is 8.20. The van der Waals surface area contributed by atoms with Gasteiger partial charge in [-0.05, 0) is 45.2 Å². The third-order valence-corrected chi connectivity index (χ3v) is 4.52. The second-order valence-corrected chi connectivity index (χ2v) is 6.44. The Morgan fingerprint density at radius 3 is 2.48 bits per heavy atom. The van der Waals surface area contributed by atoms with Gasteiger partial charge in [0, 0.05) is 17.6 Å². The Morgan fingerprint density at radius 1 is 1.17 bits per heavy atom. The molecule has 0 bridgehead atoms. The number of rotatable bonds is 3. The van der Waals surface area contributed by atoms with E-state index in [0.717, 1.165) is 18.4 Å². The molecule has 1 fully saturated rings. The van der Waals surface area contributed by atoms with Crippen molar-refractivity contribution in [1.82, 2.24) is 25.1 Å². The van der Waals surface area contributed by atoms with Gasteiger partial charge in [-0.25, -0.2) is 0 Å². The maximum atomic E-state index is 12.6. The molecule has 1 aliphatic rings. The lowest BCUT2D eigenvalue weighted by Gasteiger charge is -2.38. The van der Waals surface area contributed by atoms with E-state index < -0.39 is 0 Å². The van der Waals surface area contributed by atoms with E-state index in [9.17, 15) is 4.79 Å². The zero-order valence-electron chi connectivity index (χ0n) is 13.9. The number of carbonyl (C=O) groups is 1. The smallest absolute Gasteiger partial charge is 0.246 e. The number of likely N-dealkylation sites (tertiary alicyclic amines) is 1. The first-order valence-electron chi connectivity index (χ1n) is 8.20. The van der Waals surface area contributed by atoms with E-state index in [-0.39, 0.29) is 24.5 Å². The molecule has 0 aliphatic carbocycles. The normalized spacial score (nSPS) is 21.4. The minimum absolute atomic E-state index is 0.0672. The molecule has 3 rings (SSSR count). The second kappa shape index (κ2) is 6.48. The molecule has 6 nitrogen and oxygen atoms in total. The number of aromatic nitrogens is 4. The summed E-state index contributed by atoms with van der Waals surface area (Å²) in [6.07, 6.45) is 3.32. The Balaban J connectivity index is 1.71. The Hall–Kier alpha value is -2.24. The van der Waals surface area contributed by atoms with Crippen LogP contribution in [0.5, 0.6) is 0 Å². The fourth-order valence-electron chi connectivity index (χ4n) is 3.24. The lowest BCUT2D eigenvalue weighted by atomic mass is 9.97. The van der Waals surface area contributed by atoms with Gasteiger partial charge in [0.1, 0.15) is 6.54 Å². The largest absolute Gasteiger partial charge is 0.336 e. The number of hydrogen-bond acceptors (Lipinski definition) is 4. The highest BCUT2D eigenvalue weighted by Crippen LogP contribution is 2.22. The van der Waals surface area contributed by atoms with Crippen LogP contribution in [0.3, 0.4) is 0 Å². The maximum absolute atomic E-state index is 12.6. The molecule has 122 valence electrons. The zero-order valence-corrected chi connectivity index (χ0v) is 13.9. The van der Waals surface area contributed by atoms with Gasteiger partial charge < -0.3 is 4.90 Å². The summed E-state index contributed by atoms with van der Waals surface area (Å²) in [4.78, 5) is 15.9. The van der Waals surface area contributed by atoms with Crippen LogP contribution in [-0.2, 0) is 11.3 Å². The predicted octanol–water partition coefficient (Wildman–Crippen LogP) is 2.44. The van der Waals surface area contributed by atoms with E-state index in [0.29, 0.717) is 5.82 Å². The summed E-state index contributed by atoms with van der Waals surface area (Å²) in [6, 6.07) is 8.52. The minimum Gasteiger partial charge on any atom is -0.336 e. The summed E-state index contributed by atoms with van der Waals surface area (Å²) < 4.78 is 0. The molecule has 0 N–H and O–H groups in total. The van der Waals surface area contributed by atoms with Crippen molar-refractivity contribution < 1.29 is 4.79 Å². The van der Waals surface area contributed by atoms with Crippen molar-refractivity contribution >= 4 is 5.91 Å². The van der Waals surface area contributed by atoms with Crippen molar-refractivity contribution in [2.75, 3.05) is 0 Å². The number of aryl methyl sites for hydroxylation is 1. The van der Waals surface area contributed by atoms with E-state index in [4.69, 9.17) is 0 Å². The van der Waals surface area contributed by atoms with Crippen LogP contribution >= 0.6 is 0 Å². The number of carbonyl (C=O) groups excluding carboxylic acids is 1. The van der Waals surface area contributed by atoms with Crippen molar-refractivity contribution in [3.63, 3.8) is 0 Å². The van der Waals surface area contributed by atoms with Crippen molar-refractivity contribution in [3.8, 4) is 11.4 Å². The van der Waals surface area contributed by atoms with Gasteiger partial charge in [0.25, 0.3) is 0 Å². The number of amides is 1. The van der Waals surface area contributed by atoms with Crippen LogP contribution < -0.4 is 0 Å². The lowest BCUT2D eigenvalue weighted by Crippen LogP contribution is -2.48. The van der Waals surface area contributed by atoms with Gasteiger partial charge in [0.2, 0.25) is 11.7 Å². The highest BCUT2D eigenvalue weighted by Gasteiger charge is 2.29. The van der Waals surface area contributed by atoms with Gasteiger partial charge in [0.05, 0.1) is 0 Å². The molecular weight excluding hydrogens is 290 g/mol. The van der Waals surface area contributed by atoms with Crippen molar-refractivity contribution in [3.05, 3.63) is 29.8 Å². The predicted molar refractivity (Wildman–Crippen MR) is 87.6 cm³/mol. The minimum atomic E-state index is 0.0672. The summed E-state index contributed by atoms with van der Waals surface area (Å²) >= 11 is 0. The molecule has 0 spiro atoms. The van der Waals surface area contributed by atoms with Gasteiger partial charge in [-0.1, -0.05) is 29.8 Å². The quantitative estimate of drug-likeness (QED) is 0.873. The fourth-order valence-corrected chi connectivity index (χ4v) is 3.24. The van der Waals surface area contributed by atoms with Crippen LogP contribution in [0.4, 0.5) is 0 Å². The van der Waals surface area contributed by atoms with Gasteiger partial charge in [-0.3, -0.25) is 4.79 Å². The van der Waals surface area contributed by atoms with Gasteiger partial charge in [0.15, 0.2) is 0 Å². The Morgan fingerprint density at radius 2 is 1.83 bits per heavy atom. The molecule has 0 unspecified atom stereocenters. The molecule has 1 saturated heterocycles. The number of benzene rings is 1. The van der Waals surface area contributed by atoms with Crippen LogP contribution in [-0.4, -0.2) is 43.1 Å². The number of piperidine rings is 1. The standard InChI is InChI=1S/C17H23N5O/c1-12-7-9-15(10-8-12)17-18-20-21(19-17)11-16(23)22-13(2)5-4-6-14(22)3/h7-10,13-14H,4-6,11H2,1-3H3/t13-,14+. The molecule has 1 amide bonds. The molecular formula is C17H23N5O. The number of tetrazole rings is 1. The fraction of sp³-hybridized carbons (Fsp3) is 0.529. The zero-order chi connectivity index (χ0) is 16.4. The van der Waals surface area contributed by atoms with Gasteiger partial charge in [-0.2, -0.15) is 4.80 Å². The maximum Gasteiger partial charge on any atom is 0.246 e. The van der Waals surface area contributed by atoms with Crippen LogP contribution in [0.1, 0.15) is 38.7 Å². The molecule has 1 aromatic heterocycles.